The minimum absolute atomic E-state index is 0.0761. The van der Waals surface area contributed by atoms with E-state index in [2.05, 4.69) is 9.62 Å². The molecule has 114 valence electrons. The maximum absolute atomic E-state index is 12.1. The Morgan fingerprint density at radius 3 is 2.55 bits per heavy atom. The first kappa shape index (κ1) is 16.5. The summed E-state index contributed by atoms with van der Waals surface area (Å²) in [5.41, 5.74) is 0. The fraction of sp³-hybridized carbons (Fsp3) is 0.667. The van der Waals surface area contributed by atoms with Gasteiger partial charge in [-0.05, 0) is 45.0 Å². The summed E-state index contributed by atoms with van der Waals surface area (Å²) in [6.45, 7) is 3.60. The minimum atomic E-state index is -3.55. The molecule has 8 heteroatoms. The number of hydrogen-bond donors (Lipinski definition) is 1. The quantitative estimate of drug-likeness (QED) is 0.796. The molecule has 1 saturated heterocycles. The van der Waals surface area contributed by atoms with Crippen LogP contribution in [0.4, 0.5) is 0 Å². The Hall–Kier alpha value is 0.150. The Morgan fingerprint density at radius 2 is 1.95 bits per heavy atom. The molecule has 0 saturated carbocycles. The van der Waals surface area contributed by atoms with Gasteiger partial charge < -0.3 is 4.90 Å². The molecule has 0 bridgehead atoms. The van der Waals surface area contributed by atoms with Crippen molar-refractivity contribution in [3.8, 4) is 0 Å². The zero-order valence-electron chi connectivity index (χ0n) is 11.1. The van der Waals surface area contributed by atoms with Crippen LogP contribution in [0.1, 0.15) is 25.7 Å². The number of likely N-dealkylation sites (tertiary alicyclic amines) is 1. The average Bonchev–Trinajstić information content (AvgIpc) is 2.76. The van der Waals surface area contributed by atoms with E-state index in [-0.39, 0.29) is 9.23 Å². The minimum Gasteiger partial charge on any atom is -0.303 e. The summed E-state index contributed by atoms with van der Waals surface area (Å²) in [6, 6.07) is 1.39. The predicted molar refractivity (Wildman–Crippen MR) is 84.4 cm³/mol. The lowest BCUT2D eigenvalue weighted by Gasteiger charge is -2.26. The highest BCUT2D eigenvalue weighted by atomic mass is 35.5. The zero-order valence-corrected chi connectivity index (χ0v) is 14.2. The lowest BCUT2D eigenvalue weighted by atomic mass is 10.1. The van der Waals surface area contributed by atoms with Crippen molar-refractivity contribution >= 4 is 44.6 Å². The molecule has 1 N–H and O–H groups in total. The zero-order chi connectivity index (χ0) is 14.6. The smallest absolute Gasteiger partial charge is 0.242 e. The molecule has 0 spiro atoms. The molecular weight excluding hydrogens is 339 g/mol. The summed E-state index contributed by atoms with van der Waals surface area (Å²) in [7, 11) is -3.55. The highest BCUT2D eigenvalue weighted by molar-refractivity contribution is 7.89. The van der Waals surface area contributed by atoms with Crippen LogP contribution in [-0.2, 0) is 10.0 Å². The van der Waals surface area contributed by atoms with Crippen LogP contribution in [0.2, 0.25) is 8.67 Å². The molecule has 20 heavy (non-hydrogen) atoms. The van der Waals surface area contributed by atoms with E-state index in [0.29, 0.717) is 10.9 Å². The second-order valence-corrected chi connectivity index (χ2v) is 8.86. The number of hydrogen-bond acceptors (Lipinski definition) is 4. The number of halogens is 2. The van der Waals surface area contributed by atoms with E-state index in [1.165, 1.54) is 25.3 Å². The van der Waals surface area contributed by atoms with E-state index in [4.69, 9.17) is 23.2 Å². The Bertz CT molecular complexity index is 540. The van der Waals surface area contributed by atoms with Crippen molar-refractivity contribution in [2.45, 2.75) is 30.6 Å². The van der Waals surface area contributed by atoms with E-state index in [0.717, 1.165) is 37.4 Å². The van der Waals surface area contributed by atoms with Crippen molar-refractivity contribution in [1.29, 1.82) is 0 Å². The van der Waals surface area contributed by atoms with Crippen molar-refractivity contribution in [1.82, 2.24) is 9.62 Å². The molecule has 0 aromatic carbocycles. The van der Waals surface area contributed by atoms with Gasteiger partial charge >= 0.3 is 0 Å². The molecule has 1 aromatic rings. The largest absolute Gasteiger partial charge is 0.303 e. The number of rotatable bonds is 6. The molecule has 1 aliphatic rings. The normalized spacial score (nSPS) is 17.5. The van der Waals surface area contributed by atoms with Crippen LogP contribution < -0.4 is 4.72 Å². The van der Waals surface area contributed by atoms with E-state index >= 15 is 0 Å². The van der Waals surface area contributed by atoms with Crippen LogP contribution in [0.25, 0.3) is 0 Å². The van der Waals surface area contributed by atoms with Gasteiger partial charge in [0.2, 0.25) is 10.0 Å². The summed E-state index contributed by atoms with van der Waals surface area (Å²) in [4.78, 5) is 2.46. The van der Waals surface area contributed by atoms with E-state index in [1.807, 2.05) is 0 Å². The maximum atomic E-state index is 12.1. The number of sulfonamides is 1. The Balaban J connectivity index is 1.79. The Morgan fingerprint density at radius 1 is 1.25 bits per heavy atom. The van der Waals surface area contributed by atoms with Crippen molar-refractivity contribution in [2.24, 2.45) is 0 Å². The third-order valence-corrected chi connectivity index (χ3v) is 6.52. The van der Waals surface area contributed by atoms with Crippen LogP contribution in [0, 0.1) is 0 Å². The van der Waals surface area contributed by atoms with Crippen LogP contribution in [0.15, 0.2) is 11.0 Å². The molecule has 0 aliphatic carbocycles. The summed E-state index contributed by atoms with van der Waals surface area (Å²) in [6.07, 6.45) is 4.60. The third-order valence-electron chi connectivity index (χ3n) is 3.31. The molecule has 1 fully saturated rings. The van der Waals surface area contributed by atoms with Gasteiger partial charge in [0.1, 0.15) is 9.23 Å². The molecule has 1 aromatic heterocycles. The van der Waals surface area contributed by atoms with Crippen LogP contribution >= 0.6 is 34.5 Å². The molecule has 1 aliphatic heterocycles. The van der Waals surface area contributed by atoms with Gasteiger partial charge in [0.25, 0.3) is 0 Å². The summed E-state index contributed by atoms with van der Waals surface area (Å²) in [5.74, 6) is 0. The van der Waals surface area contributed by atoms with Gasteiger partial charge in [0, 0.05) is 6.54 Å². The van der Waals surface area contributed by atoms with Gasteiger partial charge in [0.05, 0.1) is 4.34 Å². The Labute approximate surface area is 134 Å². The van der Waals surface area contributed by atoms with Gasteiger partial charge in [-0.25, -0.2) is 13.1 Å². The number of thiophene rings is 1. The molecule has 2 heterocycles. The molecule has 4 nitrogen and oxygen atoms in total. The van der Waals surface area contributed by atoms with Gasteiger partial charge in [0.15, 0.2) is 0 Å². The van der Waals surface area contributed by atoms with Gasteiger partial charge in [-0.3, -0.25) is 0 Å². The summed E-state index contributed by atoms with van der Waals surface area (Å²) in [5, 5.41) is 0. The lowest BCUT2D eigenvalue weighted by molar-refractivity contribution is 0.227. The topological polar surface area (TPSA) is 49.4 Å². The highest BCUT2D eigenvalue weighted by Crippen LogP contribution is 2.33. The second-order valence-electron chi connectivity index (χ2n) is 4.84. The van der Waals surface area contributed by atoms with Gasteiger partial charge in [-0.1, -0.05) is 29.6 Å². The number of piperidine rings is 1. The standard InChI is InChI=1S/C12H18Cl2N2O2S2/c13-11-9-10(12(14)19-11)20(17,18)15-5-4-8-16-6-2-1-3-7-16/h9,15H,1-8H2. The SMILES string of the molecule is O=S(=O)(NCCCN1CCCCC1)c1cc(Cl)sc1Cl. The molecule has 0 radical (unpaired) electrons. The molecule has 0 unspecified atom stereocenters. The Kier molecular flexibility index (Phi) is 6.13. The lowest BCUT2D eigenvalue weighted by Crippen LogP contribution is -2.33. The predicted octanol–water partition coefficient (Wildman–Crippen LogP) is 3.21. The van der Waals surface area contributed by atoms with Crippen LogP contribution in [0.5, 0.6) is 0 Å². The first-order chi connectivity index (χ1) is 9.49. The molecular formula is C12H18Cl2N2O2S2. The fourth-order valence-corrected chi connectivity index (χ4v) is 5.50. The maximum Gasteiger partial charge on any atom is 0.242 e. The van der Waals surface area contributed by atoms with Crippen molar-refractivity contribution in [3.63, 3.8) is 0 Å². The van der Waals surface area contributed by atoms with Gasteiger partial charge in [-0.2, -0.15) is 0 Å². The summed E-state index contributed by atoms with van der Waals surface area (Å²) < 4.78 is 27.3. The van der Waals surface area contributed by atoms with Crippen LogP contribution in [0.3, 0.4) is 0 Å². The molecule has 0 amide bonds. The van der Waals surface area contributed by atoms with Crippen molar-refractivity contribution in [2.75, 3.05) is 26.2 Å². The fourth-order valence-electron chi connectivity index (χ4n) is 2.28. The molecule has 0 atom stereocenters. The van der Waals surface area contributed by atoms with Crippen molar-refractivity contribution < 1.29 is 8.42 Å². The van der Waals surface area contributed by atoms with Gasteiger partial charge in [-0.15, -0.1) is 11.3 Å². The van der Waals surface area contributed by atoms with E-state index in [1.54, 1.807) is 0 Å². The highest BCUT2D eigenvalue weighted by Gasteiger charge is 2.20. The summed E-state index contributed by atoms with van der Waals surface area (Å²) >= 11 is 12.7. The van der Waals surface area contributed by atoms with Crippen LogP contribution in [-0.4, -0.2) is 39.5 Å². The molecule has 2 rings (SSSR count). The number of nitrogens with zero attached hydrogens (tertiary/aromatic N) is 1. The van der Waals surface area contributed by atoms with E-state index < -0.39 is 10.0 Å². The first-order valence-electron chi connectivity index (χ1n) is 6.66. The number of nitrogens with one attached hydrogen (secondary N) is 1. The second kappa shape index (κ2) is 7.42. The van der Waals surface area contributed by atoms with E-state index in [9.17, 15) is 8.42 Å². The average molecular weight is 357 g/mol. The monoisotopic (exact) mass is 356 g/mol. The van der Waals surface area contributed by atoms with Crippen molar-refractivity contribution in [3.05, 3.63) is 14.7 Å². The first-order valence-corrected chi connectivity index (χ1v) is 9.71. The third kappa shape index (κ3) is 4.58.